The molecule has 0 aliphatic rings. The molecule has 0 saturated carbocycles. The number of ether oxygens (including phenoxy) is 2. The van der Waals surface area contributed by atoms with Gasteiger partial charge in [-0.2, -0.15) is 0 Å². The number of nitrogens with zero attached hydrogens (tertiary/aromatic N) is 1. The lowest BCUT2D eigenvalue weighted by Gasteiger charge is -2.38. The summed E-state index contributed by atoms with van der Waals surface area (Å²) >= 11 is 3.45. The summed E-state index contributed by atoms with van der Waals surface area (Å²) in [6, 6.07) is 3.43. The Morgan fingerprint density at radius 3 is 2.29 bits per heavy atom. The molecule has 8 heteroatoms. The van der Waals surface area contributed by atoms with Crippen LogP contribution in [0.2, 0.25) is 18.1 Å². The normalized spacial score (nSPS) is 13.5. The van der Waals surface area contributed by atoms with Crippen LogP contribution in [0.25, 0.3) is 10.9 Å². The van der Waals surface area contributed by atoms with E-state index in [1.54, 1.807) is 19.4 Å². The minimum absolute atomic E-state index is 0.00467. The van der Waals surface area contributed by atoms with Crippen LogP contribution >= 0.6 is 15.9 Å². The van der Waals surface area contributed by atoms with Crippen molar-refractivity contribution >= 4 is 41.1 Å². The van der Waals surface area contributed by atoms with Crippen molar-refractivity contribution in [2.45, 2.75) is 58.8 Å². The van der Waals surface area contributed by atoms with Crippen molar-refractivity contribution in [3.63, 3.8) is 0 Å². The van der Waals surface area contributed by atoms with E-state index in [1.807, 2.05) is 10.6 Å². The molecule has 2 aromatic rings. The number of benzene rings is 1. The molecule has 0 unspecified atom stereocenters. The second kappa shape index (κ2) is 9.46. The van der Waals surface area contributed by atoms with Gasteiger partial charge in [-0.05, 0) is 46.0 Å². The molecule has 6 nitrogen and oxygen atoms in total. The predicted octanol–water partition coefficient (Wildman–Crippen LogP) is 5.78. The summed E-state index contributed by atoms with van der Waals surface area (Å²) < 4.78 is 19.5. The number of halogens is 1. The molecular formula is C23H34BrNO5Si. The van der Waals surface area contributed by atoms with Crippen LogP contribution in [0, 0.1) is 5.92 Å². The predicted molar refractivity (Wildman–Crippen MR) is 131 cm³/mol. The molecule has 1 aromatic heterocycles. The van der Waals surface area contributed by atoms with Crippen LogP contribution < -0.4 is 10.2 Å². The van der Waals surface area contributed by atoms with E-state index in [-0.39, 0.29) is 28.0 Å². The van der Waals surface area contributed by atoms with Gasteiger partial charge >= 0.3 is 5.97 Å². The van der Waals surface area contributed by atoms with Crippen LogP contribution in [0.5, 0.6) is 5.75 Å². The first-order valence-electron chi connectivity index (χ1n) is 10.4. The lowest BCUT2D eigenvalue weighted by Crippen LogP contribution is -2.42. The van der Waals surface area contributed by atoms with E-state index in [1.165, 1.54) is 7.11 Å². The first kappa shape index (κ1) is 25.6. The molecule has 0 bridgehead atoms. The topological polar surface area (TPSA) is 66.8 Å². The molecular weight excluding hydrogens is 478 g/mol. The van der Waals surface area contributed by atoms with Crippen LogP contribution in [0.4, 0.5) is 0 Å². The number of hydrogen-bond acceptors (Lipinski definition) is 5. The van der Waals surface area contributed by atoms with Crippen LogP contribution in [-0.4, -0.2) is 39.7 Å². The van der Waals surface area contributed by atoms with Crippen molar-refractivity contribution in [3.05, 3.63) is 38.6 Å². The molecule has 0 fully saturated rings. The van der Waals surface area contributed by atoms with E-state index < -0.39 is 14.3 Å². The maximum absolute atomic E-state index is 13.1. The Morgan fingerprint density at radius 2 is 1.81 bits per heavy atom. The largest absolute Gasteiger partial charge is 0.495 e. The Morgan fingerprint density at radius 1 is 1.19 bits per heavy atom. The van der Waals surface area contributed by atoms with E-state index in [0.717, 1.165) is 0 Å². The zero-order chi connectivity index (χ0) is 23.7. The smallest absolute Gasteiger partial charge is 0.343 e. The third kappa shape index (κ3) is 5.23. The van der Waals surface area contributed by atoms with Crippen LogP contribution in [0.1, 0.15) is 51.0 Å². The summed E-state index contributed by atoms with van der Waals surface area (Å²) in [6.07, 6.45) is 1.60. The van der Waals surface area contributed by atoms with Gasteiger partial charge in [0.15, 0.2) is 8.32 Å². The van der Waals surface area contributed by atoms with Gasteiger partial charge in [0.25, 0.3) is 0 Å². The fraction of sp³-hybridized carbons (Fsp3) is 0.565. The monoisotopic (exact) mass is 511 g/mol. The second-order valence-corrected chi connectivity index (χ2v) is 15.3. The summed E-state index contributed by atoms with van der Waals surface area (Å²) in [4.78, 5) is 25.5. The third-order valence-corrected chi connectivity index (χ3v) is 11.4. The van der Waals surface area contributed by atoms with Crippen molar-refractivity contribution in [1.29, 1.82) is 0 Å². The SMILES string of the molecule is COC(=O)c1cn([C@H](CO[Si](C)(C)C(C)(C)C)C(C)C)c2cc(OC)c(Br)cc2c1=O. The van der Waals surface area contributed by atoms with E-state index in [2.05, 4.69) is 63.6 Å². The van der Waals surface area contributed by atoms with Crippen molar-refractivity contribution in [2.75, 3.05) is 20.8 Å². The molecule has 2 rings (SSSR count). The summed E-state index contributed by atoms with van der Waals surface area (Å²) in [5.74, 6) is 0.148. The van der Waals surface area contributed by atoms with E-state index in [4.69, 9.17) is 13.9 Å². The highest BCUT2D eigenvalue weighted by Crippen LogP contribution is 2.38. The molecule has 0 saturated heterocycles. The number of hydrogen-bond donors (Lipinski definition) is 0. The molecule has 1 atom stereocenters. The number of methoxy groups -OCH3 is 2. The number of pyridine rings is 1. The highest BCUT2D eigenvalue weighted by atomic mass is 79.9. The second-order valence-electron chi connectivity index (χ2n) is 9.66. The standard InChI is InChI=1S/C23H34BrNO5Si/c1-14(2)19(13-30-31(8,9)23(3,4)5)25-12-16(22(27)29-7)21(26)15-10-17(24)20(28-6)11-18(15)25/h10-12,14,19H,13H2,1-9H3/t19-/m1/s1. The molecule has 0 N–H and O–H groups in total. The van der Waals surface area contributed by atoms with Gasteiger partial charge in [-0.3, -0.25) is 4.79 Å². The molecule has 0 aliphatic heterocycles. The molecule has 31 heavy (non-hydrogen) atoms. The highest BCUT2D eigenvalue weighted by Gasteiger charge is 2.38. The van der Waals surface area contributed by atoms with Gasteiger partial charge in [0.1, 0.15) is 11.3 Å². The molecule has 1 aromatic carbocycles. The average molecular weight is 513 g/mol. The summed E-state index contributed by atoms with van der Waals surface area (Å²) in [6.45, 7) is 15.7. The van der Waals surface area contributed by atoms with Crippen molar-refractivity contribution in [2.24, 2.45) is 5.92 Å². The number of esters is 1. The zero-order valence-electron chi connectivity index (χ0n) is 20.0. The maximum atomic E-state index is 13.1. The molecule has 0 amide bonds. The van der Waals surface area contributed by atoms with E-state index in [0.29, 0.717) is 27.7 Å². The van der Waals surface area contributed by atoms with Gasteiger partial charge in [0.05, 0.1) is 36.9 Å². The van der Waals surface area contributed by atoms with Gasteiger partial charge in [0, 0.05) is 17.6 Å². The van der Waals surface area contributed by atoms with Gasteiger partial charge < -0.3 is 18.5 Å². The van der Waals surface area contributed by atoms with Gasteiger partial charge in [0.2, 0.25) is 5.43 Å². The average Bonchev–Trinajstić information content (AvgIpc) is 2.67. The summed E-state index contributed by atoms with van der Waals surface area (Å²) in [5, 5.41) is 0.499. The number of carbonyl (C=O) groups is 1. The van der Waals surface area contributed by atoms with Crippen LogP contribution in [0.3, 0.4) is 0 Å². The molecule has 1 heterocycles. The van der Waals surface area contributed by atoms with Crippen molar-refractivity contribution < 1.29 is 18.7 Å². The lowest BCUT2D eigenvalue weighted by atomic mass is 10.0. The molecule has 0 radical (unpaired) electrons. The highest BCUT2D eigenvalue weighted by molar-refractivity contribution is 9.10. The lowest BCUT2D eigenvalue weighted by molar-refractivity contribution is 0.0598. The minimum atomic E-state index is -1.99. The van der Waals surface area contributed by atoms with E-state index >= 15 is 0 Å². The Bertz CT molecular complexity index is 1020. The third-order valence-electron chi connectivity index (χ3n) is 6.26. The minimum Gasteiger partial charge on any atom is -0.495 e. The molecule has 172 valence electrons. The number of fused-ring (bicyclic) bond motifs is 1. The quantitative estimate of drug-likeness (QED) is 0.348. The van der Waals surface area contributed by atoms with Crippen LogP contribution in [0.15, 0.2) is 27.6 Å². The summed E-state index contributed by atoms with van der Waals surface area (Å²) in [5.41, 5.74) is 0.328. The fourth-order valence-corrected chi connectivity index (χ4v) is 4.67. The molecule has 0 aliphatic carbocycles. The van der Waals surface area contributed by atoms with E-state index in [9.17, 15) is 9.59 Å². The van der Waals surface area contributed by atoms with Crippen molar-refractivity contribution in [3.8, 4) is 5.75 Å². The number of carbonyl (C=O) groups excluding carboxylic acids is 1. The van der Waals surface area contributed by atoms with Gasteiger partial charge in [-0.25, -0.2) is 4.79 Å². The maximum Gasteiger partial charge on any atom is 0.343 e. The zero-order valence-corrected chi connectivity index (χ0v) is 22.5. The first-order valence-corrected chi connectivity index (χ1v) is 14.1. The number of rotatable bonds is 7. The fourth-order valence-electron chi connectivity index (χ4n) is 3.14. The molecule has 0 spiro atoms. The Labute approximate surface area is 194 Å². The van der Waals surface area contributed by atoms with Gasteiger partial charge in [-0.1, -0.05) is 34.6 Å². The Balaban J connectivity index is 2.75. The summed E-state index contributed by atoms with van der Waals surface area (Å²) in [7, 11) is 0.867. The van der Waals surface area contributed by atoms with Crippen LogP contribution in [-0.2, 0) is 9.16 Å². The number of aromatic nitrogens is 1. The van der Waals surface area contributed by atoms with Gasteiger partial charge in [-0.15, -0.1) is 0 Å². The Hall–Kier alpha value is -1.64. The first-order chi connectivity index (χ1) is 14.2. The van der Waals surface area contributed by atoms with Crippen molar-refractivity contribution in [1.82, 2.24) is 4.57 Å². The Kier molecular flexibility index (Phi) is 7.82.